The van der Waals surface area contributed by atoms with E-state index in [4.69, 9.17) is 9.73 Å². The van der Waals surface area contributed by atoms with Crippen molar-refractivity contribution < 1.29 is 4.74 Å². The molecule has 0 radical (unpaired) electrons. The zero-order valence-electron chi connectivity index (χ0n) is 9.57. The van der Waals surface area contributed by atoms with Crippen molar-refractivity contribution in [3.63, 3.8) is 0 Å². The molecule has 2 aliphatic heterocycles. The predicted octanol–water partition coefficient (Wildman–Crippen LogP) is 2.72. The molecule has 3 rings (SSSR count). The van der Waals surface area contributed by atoms with E-state index in [1.54, 1.807) is 7.11 Å². The van der Waals surface area contributed by atoms with Crippen LogP contribution in [0.2, 0.25) is 0 Å². The van der Waals surface area contributed by atoms with Gasteiger partial charge in [0.25, 0.3) is 0 Å². The van der Waals surface area contributed by atoms with Gasteiger partial charge in [0.05, 0.1) is 12.8 Å². The van der Waals surface area contributed by atoms with Crippen LogP contribution in [0.4, 0.5) is 5.69 Å². The Hall–Kier alpha value is -1.51. The topological polar surface area (TPSA) is 24.8 Å². The summed E-state index contributed by atoms with van der Waals surface area (Å²) < 4.78 is 5.40. The maximum atomic E-state index is 5.40. The molecule has 0 N–H and O–H groups in total. The Balaban J connectivity index is 2.05. The maximum Gasteiger partial charge on any atom is 0.126 e. The molecular formula is C13H16N2O. The fourth-order valence-electron chi connectivity index (χ4n) is 2.51. The van der Waals surface area contributed by atoms with Crippen molar-refractivity contribution >= 4 is 11.5 Å². The first-order valence-corrected chi connectivity index (χ1v) is 5.87. The first kappa shape index (κ1) is 9.70. The van der Waals surface area contributed by atoms with Gasteiger partial charge in [-0.3, -0.25) is 0 Å². The maximum absolute atomic E-state index is 5.40. The summed E-state index contributed by atoms with van der Waals surface area (Å²) in [4.78, 5) is 7.12. The number of methoxy groups -OCH3 is 1. The molecule has 2 heterocycles. The number of benzene rings is 1. The smallest absolute Gasteiger partial charge is 0.126 e. The van der Waals surface area contributed by atoms with E-state index >= 15 is 0 Å². The van der Waals surface area contributed by atoms with Crippen LogP contribution < -0.4 is 4.74 Å². The number of amidine groups is 1. The van der Waals surface area contributed by atoms with Gasteiger partial charge in [-0.25, -0.2) is 4.99 Å². The molecule has 1 fully saturated rings. The SMILES string of the molecule is COc1cccc2c1CN1CCCCC1=N2. The van der Waals surface area contributed by atoms with Crippen LogP contribution in [0.15, 0.2) is 23.2 Å². The molecule has 0 atom stereocenters. The van der Waals surface area contributed by atoms with Gasteiger partial charge in [-0.2, -0.15) is 0 Å². The van der Waals surface area contributed by atoms with Gasteiger partial charge in [0.15, 0.2) is 0 Å². The Morgan fingerprint density at radius 1 is 1.31 bits per heavy atom. The number of rotatable bonds is 1. The fourth-order valence-corrected chi connectivity index (χ4v) is 2.51. The lowest BCUT2D eigenvalue weighted by atomic mass is 10.0. The van der Waals surface area contributed by atoms with E-state index in [9.17, 15) is 0 Å². The number of piperidine rings is 1. The Morgan fingerprint density at radius 2 is 2.25 bits per heavy atom. The van der Waals surface area contributed by atoms with Gasteiger partial charge >= 0.3 is 0 Å². The van der Waals surface area contributed by atoms with Crippen LogP contribution in [0.25, 0.3) is 0 Å². The van der Waals surface area contributed by atoms with Gasteiger partial charge < -0.3 is 9.64 Å². The lowest BCUT2D eigenvalue weighted by Gasteiger charge is -2.34. The monoisotopic (exact) mass is 216 g/mol. The summed E-state index contributed by atoms with van der Waals surface area (Å²) in [6, 6.07) is 6.11. The molecule has 1 saturated heterocycles. The van der Waals surface area contributed by atoms with Gasteiger partial charge in [0.1, 0.15) is 11.6 Å². The fraction of sp³-hybridized carbons (Fsp3) is 0.462. The zero-order valence-corrected chi connectivity index (χ0v) is 9.57. The quantitative estimate of drug-likeness (QED) is 0.721. The molecule has 1 aromatic carbocycles. The van der Waals surface area contributed by atoms with E-state index in [-0.39, 0.29) is 0 Å². The van der Waals surface area contributed by atoms with Crippen molar-refractivity contribution in [1.82, 2.24) is 4.90 Å². The van der Waals surface area contributed by atoms with Crippen molar-refractivity contribution in [2.24, 2.45) is 4.99 Å². The Labute approximate surface area is 95.7 Å². The second-order valence-corrected chi connectivity index (χ2v) is 4.36. The first-order valence-electron chi connectivity index (χ1n) is 5.87. The molecular weight excluding hydrogens is 200 g/mol. The molecule has 0 aliphatic carbocycles. The van der Waals surface area contributed by atoms with E-state index in [0.717, 1.165) is 30.9 Å². The summed E-state index contributed by atoms with van der Waals surface area (Å²) >= 11 is 0. The summed E-state index contributed by atoms with van der Waals surface area (Å²) in [5, 5.41) is 0. The van der Waals surface area contributed by atoms with Gasteiger partial charge in [-0.15, -0.1) is 0 Å². The van der Waals surface area contributed by atoms with E-state index in [1.165, 1.54) is 24.2 Å². The summed E-state index contributed by atoms with van der Waals surface area (Å²) in [5.74, 6) is 2.22. The number of fused-ring (bicyclic) bond motifs is 2. The molecule has 0 amide bonds. The van der Waals surface area contributed by atoms with Crippen LogP contribution in [0.1, 0.15) is 24.8 Å². The Bertz CT molecular complexity index is 440. The highest BCUT2D eigenvalue weighted by atomic mass is 16.5. The molecule has 84 valence electrons. The normalized spacial score (nSPS) is 18.6. The molecule has 0 saturated carbocycles. The van der Waals surface area contributed by atoms with Crippen molar-refractivity contribution in [3.8, 4) is 5.75 Å². The van der Waals surface area contributed by atoms with Gasteiger partial charge in [-0.05, 0) is 25.0 Å². The van der Waals surface area contributed by atoms with E-state index in [2.05, 4.69) is 11.0 Å². The molecule has 3 nitrogen and oxygen atoms in total. The molecule has 0 unspecified atom stereocenters. The van der Waals surface area contributed by atoms with Crippen molar-refractivity contribution in [1.29, 1.82) is 0 Å². The van der Waals surface area contributed by atoms with E-state index < -0.39 is 0 Å². The summed E-state index contributed by atoms with van der Waals surface area (Å²) in [6.45, 7) is 2.09. The second-order valence-electron chi connectivity index (χ2n) is 4.36. The largest absolute Gasteiger partial charge is 0.496 e. The third-order valence-corrected chi connectivity index (χ3v) is 3.37. The van der Waals surface area contributed by atoms with Crippen LogP contribution in [0.5, 0.6) is 5.75 Å². The Morgan fingerprint density at radius 3 is 3.12 bits per heavy atom. The average molecular weight is 216 g/mol. The number of hydrogen-bond acceptors (Lipinski definition) is 3. The lowest BCUT2D eigenvalue weighted by molar-refractivity contribution is 0.345. The standard InChI is InChI=1S/C13H16N2O/c1-16-12-6-4-5-11-10(12)9-15-8-3-2-7-13(15)14-11/h4-6H,2-3,7-9H2,1H3. The number of hydrogen-bond donors (Lipinski definition) is 0. The average Bonchev–Trinajstić information content (AvgIpc) is 2.35. The lowest BCUT2D eigenvalue weighted by Crippen LogP contribution is -2.36. The van der Waals surface area contributed by atoms with Crippen LogP contribution in [-0.4, -0.2) is 24.4 Å². The number of ether oxygens (including phenoxy) is 1. The highest BCUT2D eigenvalue weighted by molar-refractivity contribution is 5.88. The van der Waals surface area contributed by atoms with Crippen molar-refractivity contribution in [3.05, 3.63) is 23.8 Å². The van der Waals surface area contributed by atoms with Crippen molar-refractivity contribution in [2.45, 2.75) is 25.8 Å². The molecule has 3 heteroatoms. The minimum atomic E-state index is 0.957. The van der Waals surface area contributed by atoms with Crippen LogP contribution in [0.3, 0.4) is 0 Å². The summed E-state index contributed by atoms with van der Waals surface area (Å²) in [5.41, 5.74) is 2.32. The molecule has 1 aromatic rings. The highest BCUT2D eigenvalue weighted by Gasteiger charge is 2.24. The summed E-state index contributed by atoms with van der Waals surface area (Å²) in [6.07, 6.45) is 3.68. The Kier molecular flexibility index (Phi) is 2.31. The highest BCUT2D eigenvalue weighted by Crippen LogP contribution is 2.35. The third-order valence-electron chi connectivity index (χ3n) is 3.37. The van der Waals surface area contributed by atoms with Crippen LogP contribution >= 0.6 is 0 Å². The molecule has 0 bridgehead atoms. The van der Waals surface area contributed by atoms with Crippen LogP contribution in [0, 0.1) is 0 Å². The third kappa shape index (κ3) is 1.47. The molecule has 2 aliphatic rings. The minimum absolute atomic E-state index is 0.957. The zero-order chi connectivity index (χ0) is 11.0. The minimum Gasteiger partial charge on any atom is -0.496 e. The number of aliphatic imine (C=N–C) groups is 1. The number of nitrogens with zero attached hydrogens (tertiary/aromatic N) is 2. The van der Waals surface area contributed by atoms with Gasteiger partial charge in [0, 0.05) is 25.1 Å². The second kappa shape index (κ2) is 3.81. The molecule has 16 heavy (non-hydrogen) atoms. The van der Waals surface area contributed by atoms with Gasteiger partial charge in [0.2, 0.25) is 0 Å². The van der Waals surface area contributed by atoms with E-state index in [1.807, 2.05) is 12.1 Å². The van der Waals surface area contributed by atoms with Crippen LogP contribution in [-0.2, 0) is 6.54 Å². The van der Waals surface area contributed by atoms with Gasteiger partial charge in [-0.1, -0.05) is 6.07 Å². The first-order chi connectivity index (χ1) is 7.88. The van der Waals surface area contributed by atoms with Crippen molar-refractivity contribution in [2.75, 3.05) is 13.7 Å². The molecule has 0 aromatic heterocycles. The summed E-state index contributed by atoms with van der Waals surface area (Å²) in [7, 11) is 1.73. The van der Waals surface area contributed by atoms with E-state index in [0.29, 0.717) is 0 Å². The molecule has 0 spiro atoms. The predicted molar refractivity (Wildman–Crippen MR) is 64.4 cm³/mol.